The maximum absolute atomic E-state index is 11.2. The van der Waals surface area contributed by atoms with Crippen molar-refractivity contribution in [1.82, 2.24) is 10.6 Å². The molecule has 0 bridgehead atoms. The third kappa shape index (κ3) is 5.14. The lowest BCUT2D eigenvalue weighted by molar-refractivity contribution is -0.120. The van der Waals surface area contributed by atoms with Gasteiger partial charge in [-0.3, -0.25) is 4.79 Å². The molecule has 0 saturated carbocycles. The van der Waals surface area contributed by atoms with Crippen molar-refractivity contribution in [3.63, 3.8) is 0 Å². The molecule has 1 amide bonds. The molecule has 1 aromatic carbocycles. The van der Waals surface area contributed by atoms with E-state index >= 15 is 0 Å². The standard InChI is InChI=1S/C12H18N2O.ClH/c1-10(8-14-12(15)9-13-2)11-6-4-3-5-7-11;/h3-7,10,13H,8-9H2,1-2H3,(H,14,15);1H. The number of carbonyl (C=O) groups excluding carboxylic acids is 1. The van der Waals surface area contributed by atoms with E-state index in [2.05, 4.69) is 29.7 Å². The first kappa shape index (κ1) is 14.9. The lowest BCUT2D eigenvalue weighted by atomic mass is 10.0. The molecule has 0 radical (unpaired) electrons. The van der Waals surface area contributed by atoms with E-state index in [0.717, 1.165) is 0 Å². The molecule has 0 heterocycles. The lowest BCUT2D eigenvalue weighted by Gasteiger charge is -2.12. The molecule has 1 unspecified atom stereocenters. The maximum atomic E-state index is 11.2. The Morgan fingerprint density at radius 3 is 2.50 bits per heavy atom. The molecule has 4 heteroatoms. The highest BCUT2D eigenvalue weighted by Crippen LogP contribution is 2.12. The summed E-state index contributed by atoms with van der Waals surface area (Å²) in [6, 6.07) is 10.2. The SMILES string of the molecule is CNCC(=O)NCC(C)c1ccccc1.Cl. The number of hydrogen-bond acceptors (Lipinski definition) is 2. The van der Waals surface area contributed by atoms with Gasteiger partial charge in [-0.1, -0.05) is 37.3 Å². The van der Waals surface area contributed by atoms with Crippen LogP contribution in [-0.4, -0.2) is 26.0 Å². The van der Waals surface area contributed by atoms with Crippen LogP contribution in [0.3, 0.4) is 0 Å². The van der Waals surface area contributed by atoms with Gasteiger partial charge in [-0.25, -0.2) is 0 Å². The van der Waals surface area contributed by atoms with E-state index in [4.69, 9.17) is 0 Å². The Morgan fingerprint density at radius 1 is 1.31 bits per heavy atom. The molecule has 0 aromatic heterocycles. The third-order valence-corrected chi connectivity index (χ3v) is 2.31. The minimum Gasteiger partial charge on any atom is -0.354 e. The summed E-state index contributed by atoms with van der Waals surface area (Å²) in [6.45, 7) is 3.17. The molecule has 1 rings (SSSR count). The van der Waals surface area contributed by atoms with Crippen LogP contribution in [0.1, 0.15) is 18.4 Å². The fourth-order valence-corrected chi connectivity index (χ4v) is 1.39. The summed E-state index contributed by atoms with van der Waals surface area (Å²) in [4.78, 5) is 11.2. The Bertz CT molecular complexity index is 303. The Kier molecular flexibility index (Phi) is 7.60. The number of amides is 1. The second-order valence-electron chi connectivity index (χ2n) is 3.65. The van der Waals surface area contributed by atoms with Crippen molar-refractivity contribution in [2.75, 3.05) is 20.1 Å². The average molecular weight is 243 g/mol. The number of likely N-dealkylation sites (N-methyl/N-ethyl adjacent to an activating group) is 1. The molecule has 0 fully saturated rings. The Labute approximate surface area is 103 Å². The highest BCUT2D eigenvalue weighted by atomic mass is 35.5. The largest absolute Gasteiger partial charge is 0.354 e. The molecule has 0 aliphatic heterocycles. The van der Waals surface area contributed by atoms with Gasteiger partial charge in [0.15, 0.2) is 0 Å². The van der Waals surface area contributed by atoms with Gasteiger partial charge in [-0.05, 0) is 18.5 Å². The van der Waals surface area contributed by atoms with Crippen molar-refractivity contribution in [1.29, 1.82) is 0 Å². The van der Waals surface area contributed by atoms with Crippen LogP contribution in [0.15, 0.2) is 30.3 Å². The topological polar surface area (TPSA) is 41.1 Å². The molecule has 1 atom stereocenters. The molecule has 90 valence electrons. The second kappa shape index (κ2) is 8.13. The van der Waals surface area contributed by atoms with E-state index in [1.54, 1.807) is 7.05 Å². The zero-order valence-electron chi connectivity index (χ0n) is 9.69. The van der Waals surface area contributed by atoms with Crippen LogP contribution in [0.5, 0.6) is 0 Å². The first-order valence-corrected chi connectivity index (χ1v) is 5.20. The van der Waals surface area contributed by atoms with Crippen LogP contribution < -0.4 is 10.6 Å². The molecule has 3 nitrogen and oxygen atoms in total. The van der Waals surface area contributed by atoms with Crippen molar-refractivity contribution < 1.29 is 4.79 Å². The number of carbonyl (C=O) groups is 1. The van der Waals surface area contributed by atoms with E-state index in [9.17, 15) is 4.79 Å². The van der Waals surface area contributed by atoms with Crippen molar-refractivity contribution >= 4 is 18.3 Å². The van der Waals surface area contributed by atoms with Crippen LogP contribution in [-0.2, 0) is 4.79 Å². The quantitative estimate of drug-likeness (QED) is 0.823. The first-order chi connectivity index (χ1) is 7.24. The normalized spacial score (nSPS) is 11.4. The minimum atomic E-state index is 0. The summed E-state index contributed by atoms with van der Waals surface area (Å²) < 4.78 is 0. The Balaban J connectivity index is 0.00000225. The van der Waals surface area contributed by atoms with Crippen LogP contribution in [0.4, 0.5) is 0 Å². The van der Waals surface area contributed by atoms with Crippen molar-refractivity contribution in [3.05, 3.63) is 35.9 Å². The molecule has 16 heavy (non-hydrogen) atoms. The van der Waals surface area contributed by atoms with Gasteiger partial charge >= 0.3 is 0 Å². The molecular formula is C12H19ClN2O. The second-order valence-corrected chi connectivity index (χ2v) is 3.65. The zero-order valence-corrected chi connectivity index (χ0v) is 10.5. The van der Waals surface area contributed by atoms with E-state index < -0.39 is 0 Å². The fraction of sp³-hybridized carbons (Fsp3) is 0.417. The fourth-order valence-electron chi connectivity index (χ4n) is 1.39. The number of nitrogens with one attached hydrogen (secondary N) is 2. The van der Waals surface area contributed by atoms with Gasteiger partial charge < -0.3 is 10.6 Å². The van der Waals surface area contributed by atoms with Crippen LogP contribution in [0.25, 0.3) is 0 Å². The molecule has 0 spiro atoms. The van der Waals surface area contributed by atoms with E-state index in [1.807, 2.05) is 18.2 Å². The highest BCUT2D eigenvalue weighted by molar-refractivity contribution is 5.85. The van der Waals surface area contributed by atoms with Gasteiger partial charge in [0, 0.05) is 6.54 Å². The zero-order chi connectivity index (χ0) is 11.1. The van der Waals surface area contributed by atoms with E-state index in [0.29, 0.717) is 19.0 Å². The minimum absolute atomic E-state index is 0. The third-order valence-electron chi connectivity index (χ3n) is 2.31. The number of hydrogen-bond donors (Lipinski definition) is 2. The summed E-state index contributed by atoms with van der Waals surface area (Å²) in [5.41, 5.74) is 1.25. The summed E-state index contributed by atoms with van der Waals surface area (Å²) in [6.07, 6.45) is 0. The molecule has 0 saturated heterocycles. The van der Waals surface area contributed by atoms with Gasteiger partial charge in [0.2, 0.25) is 5.91 Å². The molecule has 0 aliphatic carbocycles. The van der Waals surface area contributed by atoms with Gasteiger partial charge in [0.05, 0.1) is 6.54 Å². The highest BCUT2D eigenvalue weighted by Gasteiger charge is 2.06. The molecule has 2 N–H and O–H groups in total. The van der Waals surface area contributed by atoms with Crippen LogP contribution in [0, 0.1) is 0 Å². The molecule has 0 aliphatic rings. The first-order valence-electron chi connectivity index (χ1n) is 5.20. The summed E-state index contributed by atoms with van der Waals surface area (Å²) in [5.74, 6) is 0.396. The van der Waals surface area contributed by atoms with Crippen LogP contribution >= 0.6 is 12.4 Å². The summed E-state index contributed by atoms with van der Waals surface area (Å²) in [7, 11) is 1.76. The van der Waals surface area contributed by atoms with Crippen molar-refractivity contribution in [3.8, 4) is 0 Å². The van der Waals surface area contributed by atoms with Gasteiger partial charge in [-0.15, -0.1) is 12.4 Å². The Morgan fingerprint density at radius 2 is 1.94 bits per heavy atom. The van der Waals surface area contributed by atoms with Gasteiger partial charge in [0.1, 0.15) is 0 Å². The predicted molar refractivity (Wildman–Crippen MR) is 69.0 cm³/mol. The molecular weight excluding hydrogens is 224 g/mol. The van der Waals surface area contributed by atoms with E-state index in [1.165, 1.54) is 5.56 Å². The maximum Gasteiger partial charge on any atom is 0.233 e. The number of benzene rings is 1. The van der Waals surface area contributed by atoms with Gasteiger partial charge in [0.25, 0.3) is 0 Å². The van der Waals surface area contributed by atoms with Crippen LogP contribution in [0.2, 0.25) is 0 Å². The average Bonchev–Trinajstić information content (AvgIpc) is 2.27. The smallest absolute Gasteiger partial charge is 0.233 e. The number of rotatable bonds is 5. The van der Waals surface area contributed by atoms with Gasteiger partial charge in [-0.2, -0.15) is 0 Å². The van der Waals surface area contributed by atoms with Crippen molar-refractivity contribution in [2.45, 2.75) is 12.8 Å². The predicted octanol–water partition coefficient (Wildman–Crippen LogP) is 1.55. The van der Waals surface area contributed by atoms with Crippen molar-refractivity contribution in [2.24, 2.45) is 0 Å². The summed E-state index contributed by atoms with van der Waals surface area (Å²) in [5, 5.41) is 5.70. The molecule has 1 aromatic rings. The Hall–Kier alpha value is -1.06. The monoisotopic (exact) mass is 242 g/mol. The summed E-state index contributed by atoms with van der Waals surface area (Å²) >= 11 is 0. The lowest BCUT2D eigenvalue weighted by Crippen LogP contribution is -2.34. The number of halogens is 1. The van der Waals surface area contributed by atoms with E-state index in [-0.39, 0.29) is 18.3 Å².